The first-order chi connectivity index (χ1) is 14.4. The van der Waals surface area contributed by atoms with Crippen molar-refractivity contribution < 1.29 is 28.0 Å². The summed E-state index contributed by atoms with van der Waals surface area (Å²) in [5.41, 5.74) is 0.0266. The molecule has 6 nitrogen and oxygen atoms in total. The SMILES string of the molecule is C[C@H](CCC(=O)O)C1CC[C@H]2C3C(S(=O)(=O)O)CC4C[C@H](O)CCC4(C)[C@H]3CC[C@]12C. The largest absolute Gasteiger partial charge is 0.481 e. The molecule has 0 amide bonds. The second kappa shape index (κ2) is 7.98. The molecule has 7 heteroatoms. The standard InChI is InChI=1S/C24H40O6S/c1-14(4-7-21(26)27)17-5-6-18-22-19(9-11-24(17,18)3)23(2)10-8-16(25)12-15(23)13-20(22)31(28,29)30/h14-20,22,25H,4-13H2,1-3H3,(H,26,27)(H,28,29,30)/t14-,15?,16-,17?,18+,19+,20?,22?,23?,24-/m1/s1. The Hall–Kier alpha value is -0.660. The Morgan fingerprint density at radius 3 is 2.32 bits per heavy atom. The molecule has 10 atom stereocenters. The molecule has 0 aromatic heterocycles. The van der Waals surface area contributed by atoms with Gasteiger partial charge in [0.15, 0.2) is 0 Å². The summed E-state index contributed by atoms with van der Waals surface area (Å²) in [7, 11) is -4.18. The monoisotopic (exact) mass is 456 g/mol. The van der Waals surface area contributed by atoms with E-state index in [1.165, 1.54) is 0 Å². The fraction of sp³-hybridized carbons (Fsp3) is 0.958. The fourth-order valence-electron chi connectivity index (χ4n) is 9.02. The minimum Gasteiger partial charge on any atom is -0.481 e. The van der Waals surface area contributed by atoms with E-state index in [2.05, 4.69) is 20.8 Å². The molecule has 0 aromatic rings. The van der Waals surface area contributed by atoms with Gasteiger partial charge in [0.1, 0.15) is 0 Å². The molecule has 4 rings (SSSR count). The third kappa shape index (κ3) is 3.86. The van der Waals surface area contributed by atoms with Crippen molar-refractivity contribution in [2.24, 2.45) is 46.3 Å². The molecule has 0 heterocycles. The maximum atomic E-state index is 12.6. The molecule has 4 saturated carbocycles. The molecule has 0 aliphatic heterocycles. The van der Waals surface area contributed by atoms with E-state index >= 15 is 0 Å². The second-order valence-electron chi connectivity index (χ2n) is 11.8. The molecule has 0 bridgehead atoms. The Morgan fingerprint density at radius 2 is 1.68 bits per heavy atom. The van der Waals surface area contributed by atoms with Crippen molar-refractivity contribution in [3.8, 4) is 0 Å². The van der Waals surface area contributed by atoms with Crippen LogP contribution in [0.1, 0.15) is 85.0 Å². The number of aliphatic carboxylic acids is 1. The van der Waals surface area contributed by atoms with E-state index in [1.807, 2.05) is 0 Å². The van der Waals surface area contributed by atoms with Crippen molar-refractivity contribution in [1.82, 2.24) is 0 Å². The molecule has 0 radical (unpaired) electrons. The molecule has 5 unspecified atom stereocenters. The van der Waals surface area contributed by atoms with E-state index in [0.717, 1.165) is 38.5 Å². The number of hydrogen-bond donors (Lipinski definition) is 3. The van der Waals surface area contributed by atoms with E-state index < -0.39 is 21.3 Å². The van der Waals surface area contributed by atoms with Gasteiger partial charge in [0.2, 0.25) is 0 Å². The van der Waals surface area contributed by atoms with Gasteiger partial charge in [-0.15, -0.1) is 0 Å². The maximum Gasteiger partial charge on any atom is 0.303 e. The third-order valence-electron chi connectivity index (χ3n) is 10.6. The number of carbonyl (C=O) groups is 1. The van der Waals surface area contributed by atoms with Crippen molar-refractivity contribution in [2.45, 2.75) is 96.3 Å². The molecular formula is C24H40O6S. The number of hydrogen-bond acceptors (Lipinski definition) is 4. The van der Waals surface area contributed by atoms with Gasteiger partial charge >= 0.3 is 5.97 Å². The summed E-state index contributed by atoms with van der Waals surface area (Å²) in [5, 5.41) is 18.7. The van der Waals surface area contributed by atoms with Crippen molar-refractivity contribution in [2.75, 3.05) is 0 Å². The summed E-state index contributed by atoms with van der Waals surface area (Å²) in [5.74, 6) is 0.550. The van der Waals surface area contributed by atoms with Gasteiger partial charge in [-0.25, -0.2) is 0 Å². The summed E-state index contributed by atoms with van der Waals surface area (Å²) < 4.78 is 35.5. The van der Waals surface area contributed by atoms with Gasteiger partial charge in [-0.2, -0.15) is 8.42 Å². The van der Waals surface area contributed by atoms with Gasteiger partial charge in [0.05, 0.1) is 11.4 Å². The highest BCUT2D eigenvalue weighted by Gasteiger charge is 2.64. The van der Waals surface area contributed by atoms with E-state index in [0.29, 0.717) is 31.1 Å². The fourth-order valence-corrected chi connectivity index (χ4v) is 10.3. The Morgan fingerprint density at radius 1 is 1.03 bits per heavy atom. The number of aliphatic hydroxyl groups is 1. The Labute approximate surface area is 186 Å². The van der Waals surface area contributed by atoms with Gasteiger partial charge in [0, 0.05) is 6.42 Å². The summed E-state index contributed by atoms with van der Waals surface area (Å²) in [6.07, 6.45) is 7.29. The van der Waals surface area contributed by atoms with Crippen LogP contribution >= 0.6 is 0 Å². The number of fused-ring (bicyclic) bond motifs is 5. The maximum absolute atomic E-state index is 12.6. The van der Waals surface area contributed by atoms with Crippen LogP contribution in [0.15, 0.2) is 0 Å². The average Bonchev–Trinajstić information content (AvgIpc) is 3.02. The average molecular weight is 457 g/mol. The smallest absolute Gasteiger partial charge is 0.303 e. The predicted octanol–water partition coefficient (Wildman–Crippen LogP) is 4.37. The van der Waals surface area contributed by atoms with Gasteiger partial charge in [0.25, 0.3) is 10.1 Å². The Bertz CT molecular complexity index is 811. The molecule has 0 aromatic carbocycles. The molecule has 4 aliphatic carbocycles. The van der Waals surface area contributed by atoms with Crippen LogP contribution in [0.4, 0.5) is 0 Å². The lowest BCUT2D eigenvalue weighted by Crippen LogP contribution is -2.60. The first-order valence-corrected chi connectivity index (χ1v) is 13.7. The van der Waals surface area contributed by atoms with Crippen LogP contribution in [-0.4, -0.2) is 40.5 Å². The van der Waals surface area contributed by atoms with E-state index in [-0.39, 0.29) is 47.0 Å². The van der Waals surface area contributed by atoms with E-state index in [1.54, 1.807) is 0 Å². The zero-order chi connectivity index (χ0) is 22.8. The summed E-state index contributed by atoms with van der Waals surface area (Å²) in [4.78, 5) is 11.1. The Balaban J connectivity index is 1.66. The van der Waals surface area contributed by atoms with Crippen LogP contribution in [0.3, 0.4) is 0 Å². The molecule has 178 valence electrons. The van der Waals surface area contributed by atoms with Crippen molar-refractivity contribution in [3.63, 3.8) is 0 Å². The van der Waals surface area contributed by atoms with Crippen LogP contribution in [0, 0.1) is 46.3 Å². The Kier molecular flexibility index (Phi) is 6.05. The zero-order valence-electron chi connectivity index (χ0n) is 19.2. The van der Waals surface area contributed by atoms with Crippen LogP contribution < -0.4 is 0 Å². The highest BCUT2D eigenvalue weighted by molar-refractivity contribution is 7.86. The van der Waals surface area contributed by atoms with Crippen molar-refractivity contribution in [1.29, 1.82) is 0 Å². The number of rotatable bonds is 5. The summed E-state index contributed by atoms with van der Waals surface area (Å²) in [6, 6.07) is 0. The molecule has 31 heavy (non-hydrogen) atoms. The lowest BCUT2D eigenvalue weighted by molar-refractivity contribution is -0.138. The lowest BCUT2D eigenvalue weighted by atomic mass is 9.44. The molecule has 0 saturated heterocycles. The van der Waals surface area contributed by atoms with Crippen LogP contribution in [0.2, 0.25) is 0 Å². The molecule has 0 spiro atoms. The number of carboxylic acid groups (broad SMARTS) is 1. The van der Waals surface area contributed by atoms with Crippen molar-refractivity contribution in [3.05, 3.63) is 0 Å². The van der Waals surface area contributed by atoms with E-state index in [4.69, 9.17) is 5.11 Å². The van der Waals surface area contributed by atoms with Crippen LogP contribution in [0.25, 0.3) is 0 Å². The topological polar surface area (TPSA) is 112 Å². The second-order valence-corrected chi connectivity index (χ2v) is 13.5. The van der Waals surface area contributed by atoms with Gasteiger partial charge in [-0.1, -0.05) is 20.8 Å². The highest BCUT2D eigenvalue weighted by Crippen LogP contribution is 2.69. The zero-order valence-corrected chi connectivity index (χ0v) is 20.0. The highest BCUT2D eigenvalue weighted by atomic mass is 32.2. The molecule has 3 N–H and O–H groups in total. The first-order valence-electron chi connectivity index (χ1n) is 12.2. The molecule has 4 fully saturated rings. The number of aliphatic hydroxyl groups excluding tert-OH is 1. The molecule has 4 aliphatic rings. The predicted molar refractivity (Wildman–Crippen MR) is 118 cm³/mol. The first kappa shape index (κ1) is 23.5. The van der Waals surface area contributed by atoms with E-state index in [9.17, 15) is 22.9 Å². The normalized spacial score (nSPS) is 48.4. The van der Waals surface area contributed by atoms with Crippen molar-refractivity contribution >= 4 is 16.1 Å². The summed E-state index contributed by atoms with van der Waals surface area (Å²) >= 11 is 0. The van der Waals surface area contributed by atoms with Gasteiger partial charge < -0.3 is 10.2 Å². The van der Waals surface area contributed by atoms with Gasteiger partial charge in [-0.3, -0.25) is 9.35 Å². The minimum atomic E-state index is -4.18. The number of carboxylic acids is 1. The van der Waals surface area contributed by atoms with Crippen LogP contribution in [-0.2, 0) is 14.9 Å². The minimum absolute atomic E-state index is 0.000591. The molecular weight excluding hydrogens is 416 g/mol. The van der Waals surface area contributed by atoms with Crippen LogP contribution in [0.5, 0.6) is 0 Å². The third-order valence-corrected chi connectivity index (χ3v) is 11.9. The van der Waals surface area contributed by atoms with Gasteiger partial charge in [-0.05, 0) is 104 Å². The quantitative estimate of drug-likeness (QED) is 0.530. The lowest BCUT2D eigenvalue weighted by Gasteiger charge is -2.62. The summed E-state index contributed by atoms with van der Waals surface area (Å²) in [6.45, 7) is 6.78.